The first-order valence-corrected chi connectivity index (χ1v) is 6.22. The summed E-state index contributed by atoms with van der Waals surface area (Å²) in [6.07, 6.45) is 0. The molecule has 0 atom stereocenters. The molecule has 2 aromatic rings. The van der Waals surface area contributed by atoms with E-state index in [0.29, 0.717) is 10.8 Å². The summed E-state index contributed by atoms with van der Waals surface area (Å²) in [6.45, 7) is 0. The standard InChI is InChI=1S/C9H6BrClN2S/c10-5-8-12-9(13-14-8)6-3-1-2-4-7(6)11/h1-4H,5H2. The highest BCUT2D eigenvalue weighted by molar-refractivity contribution is 9.08. The van der Waals surface area contributed by atoms with E-state index in [2.05, 4.69) is 25.3 Å². The van der Waals surface area contributed by atoms with Gasteiger partial charge in [0.05, 0.1) is 10.4 Å². The Kier molecular flexibility index (Phi) is 3.15. The summed E-state index contributed by atoms with van der Waals surface area (Å²) in [5.74, 6) is 0.704. The van der Waals surface area contributed by atoms with Gasteiger partial charge < -0.3 is 0 Å². The van der Waals surface area contributed by atoms with E-state index in [1.54, 1.807) is 0 Å². The molecule has 0 spiro atoms. The number of hydrogen-bond donors (Lipinski definition) is 0. The molecule has 0 saturated carbocycles. The predicted octanol–water partition coefficient (Wildman–Crippen LogP) is 3.75. The minimum atomic E-state index is 0.687. The van der Waals surface area contributed by atoms with Crippen molar-refractivity contribution >= 4 is 39.1 Å². The Morgan fingerprint density at radius 2 is 2.14 bits per heavy atom. The number of nitrogens with zero attached hydrogens (tertiary/aromatic N) is 2. The van der Waals surface area contributed by atoms with Gasteiger partial charge in [0.25, 0.3) is 0 Å². The van der Waals surface area contributed by atoms with Gasteiger partial charge in [-0.2, -0.15) is 4.37 Å². The lowest BCUT2D eigenvalue weighted by Crippen LogP contribution is -1.82. The summed E-state index contributed by atoms with van der Waals surface area (Å²) in [5, 5.41) is 2.38. The Balaban J connectivity index is 2.44. The van der Waals surface area contributed by atoms with Gasteiger partial charge in [-0.1, -0.05) is 39.7 Å². The third-order valence-corrected chi connectivity index (χ3v) is 3.64. The number of hydrogen-bond acceptors (Lipinski definition) is 3. The van der Waals surface area contributed by atoms with Crippen molar-refractivity contribution in [2.75, 3.05) is 0 Å². The van der Waals surface area contributed by atoms with E-state index < -0.39 is 0 Å². The summed E-state index contributed by atoms with van der Waals surface area (Å²) < 4.78 is 4.23. The molecule has 5 heteroatoms. The lowest BCUT2D eigenvalue weighted by atomic mass is 10.2. The number of benzene rings is 1. The third kappa shape index (κ3) is 1.97. The summed E-state index contributed by atoms with van der Waals surface area (Å²) in [6, 6.07) is 7.58. The molecule has 1 heterocycles. The molecular formula is C9H6BrClN2S. The summed E-state index contributed by atoms with van der Waals surface area (Å²) in [4.78, 5) is 4.34. The van der Waals surface area contributed by atoms with Crippen molar-refractivity contribution in [3.05, 3.63) is 34.3 Å². The van der Waals surface area contributed by atoms with Crippen LogP contribution >= 0.6 is 39.1 Å². The van der Waals surface area contributed by atoms with Crippen LogP contribution in [0.4, 0.5) is 0 Å². The first-order valence-electron chi connectivity index (χ1n) is 3.94. The number of aromatic nitrogens is 2. The maximum atomic E-state index is 6.02. The fourth-order valence-corrected chi connectivity index (χ4v) is 2.22. The largest absolute Gasteiger partial charge is 0.219 e. The average Bonchev–Trinajstić information content (AvgIpc) is 2.67. The second kappa shape index (κ2) is 4.38. The zero-order valence-electron chi connectivity index (χ0n) is 7.08. The molecule has 72 valence electrons. The second-order valence-corrected chi connectivity index (χ2v) is 4.43. The monoisotopic (exact) mass is 288 g/mol. The van der Waals surface area contributed by atoms with Crippen LogP contribution in [0.2, 0.25) is 5.02 Å². The van der Waals surface area contributed by atoms with Crippen LogP contribution in [0.25, 0.3) is 11.4 Å². The van der Waals surface area contributed by atoms with Crippen molar-refractivity contribution in [3.8, 4) is 11.4 Å². The van der Waals surface area contributed by atoms with E-state index in [1.807, 2.05) is 24.3 Å². The van der Waals surface area contributed by atoms with E-state index in [0.717, 1.165) is 15.9 Å². The normalized spacial score (nSPS) is 10.4. The van der Waals surface area contributed by atoms with Crippen LogP contribution in [0.1, 0.15) is 5.01 Å². The third-order valence-electron chi connectivity index (χ3n) is 1.70. The number of halogens is 2. The van der Waals surface area contributed by atoms with E-state index in [9.17, 15) is 0 Å². The van der Waals surface area contributed by atoms with Gasteiger partial charge in [0, 0.05) is 5.56 Å². The Bertz CT molecular complexity index is 444. The first-order chi connectivity index (χ1) is 6.81. The molecule has 0 aliphatic heterocycles. The molecule has 1 aromatic carbocycles. The minimum absolute atomic E-state index is 0.687. The quantitative estimate of drug-likeness (QED) is 0.787. The molecule has 0 saturated heterocycles. The predicted molar refractivity (Wildman–Crippen MR) is 63.0 cm³/mol. The lowest BCUT2D eigenvalue weighted by Gasteiger charge is -1.96. The molecule has 0 aliphatic rings. The molecule has 0 fully saturated rings. The Morgan fingerprint density at radius 1 is 1.36 bits per heavy atom. The second-order valence-electron chi connectivity index (χ2n) is 2.63. The fraction of sp³-hybridized carbons (Fsp3) is 0.111. The summed E-state index contributed by atoms with van der Waals surface area (Å²) >= 11 is 10.7. The minimum Gasteiger partial charge on any atom is -0.219 e. The Labute approximate surface area is 99.2 Å². The number of rotatable bonds is 2. The van der Waals surface area contributed by atoms with E-state index >= 15 is 0 Å². The Morgan fingerprint density at radius 3 is 2.79 bits per heavy atom. The smallest absolute Gasteiger partial charge is 0.174 e. The molecule has 2 nitrogen and oxygen atoms in total. The van der Waals surface area contributed by atoms with Crippen LogP contribution in [-0.2, 0) is 5.33 Å². The van der Waals surface area contributed by atoms with E-state index in [4.69, 9.17) is 11.6 Å². The molecule has 0 amide bonds. The van der Waals surface area contributed by atoms with Gasteiger partial charge in [0.2, 0.25) is 0 Å². The topological polar surface area (TPSA) is 25.8 Å². The SMILES string of the molecule is Clc1ccccc1-c1nsc(CBr)n1. The summed E-state index contributed by atoms with van der Waals surface area (Å²) in [5.41, 5.74) is 0.887. The van der Waals surface area contributed by atoms with Crippen molar-refractivity contribution in [3.63, 3.8) is 0 Å². The maximum absolute atomic E-state index is 6.02. The van der Waals surface area contributed by atoms with Gasteiger partial charge in [-0.15, -0.1) is 0 Å². The molecule has 1 aromatic heterocycles. The maximum Gasteiger partial charge on any atom is 0.174 e. The van der Waals surface area contributed by atoms with Crippen LogP contribution < -0.4 is 0 Å². The first kappa shape index (κ1) is 10.1. The van der Waals surface area contributed by atoms with Crippen molar-refractivity contribution < 1.29 is 0 Å². The van der Waals surface area contributed by atoms with Gasteiger partial charge >= 0.3 is 0 Å². The van der Waals surface area contributed by atoms with Crippen molar-refractivity contribution in [2.45, 2.75) is 5.33 Å². The molecule has 2 rings (SSSR count). The number of alkyl halides is 1. The van der Waals surface area contributed by atoms with Crippen LogP contribution in [0.15, 0.2) is 24.3 Å². The zero-order valence-corrected chi connectivity index (χ0v) is 10.2. The molecule has 0 unspecified atom stereocenters. The molecule has 14 heavy (non-hydrogen) atoms. The van der Waals surface area contributed by atoms with Gasteiger partial charge in [-0.3, -0.25) is 0 Å². The summed E-state index contributed by atoms with van der Waals surface area (Å²) in [7, 11) is 0. The zero-order chi connectivity index (χ0) is 9.97. The highest BCUT2D eigenvalue weighted by Gasteiger charge is 2.08. The van der Waals surface area contributed by atoms with Gasteiger partial charge in [-0.05, 0) is 23.7 Å². The Hall–Kier alpha value is -0.450. The van der Waals surface area contributed by atoms with E-state index in [1.165, 1.54) is 11.5 Å². The van der Waals surface area contributed by atoms with Crippen LogP contribution in [-0.4, -0.2) is 9.36 Å². The van der Waals surface area contributed by atoms with Crippen molar-refractivity contribution in [2.24, 2.45) is 0 Å². The van der Waals surface area contributed by atoms with Crippen LogP contribution in [0, 0.1) is 0 Å². The molecule has 0 bridgehead atoms. The van der Waals surface area contributed by atoms with Crippen LogP contribution in [0.5, 0.6) is 0 Å². The molecule has 0 aliphatic carbocycles. The van der Waals surface area contributed by atoms with Crippen molar-refractivity contribution in [1.29, 1.82) is 0 Å². The van der Waals surface area contributed by atoms with Gasteiger partial charge in [0.15, 0.2) is 5.82 Å². The van der Waals surface area contributed by atoms with E-state index in [-0.39, 0.29) is 0 Å². The average molecular weight is 290 g/mol. The van der Waals surface area contributed by atoms with Crippen LogP contribution in [0.3, 0.4) is 0 Å². The highest BCUT2D eigenvalue weighted by Crippen LogP contribution is 2.26. The van der Waals surface area contributed by atoms with Gasteiger partial charge in [0.1, 0.15) is 5.01 Å². The fourth-order valence-electron chi connectivity index (χ4n) is 1.06. The molecule has 0 radical (unpaired) electrons. The lowest BCUT2D eigenvalue weighted by molar-refractivity contribution is 1.25. The van der Waals surface area contributed by atoms with Gasteiger partial charge in [-0.25, -0.2) is 4.98 Å². The van der Waals surface area contributed by atoms with Crippen molar-refractivity contribution in [1.82, 2.24) is 9.36 Å². The highest BCUT2D eigenvalue weighted by atomic mass is 79.9. The molecule has 0 N–H and O–H groups in total. The molecular weight excluding hydrogens is 284 g/mol.